The SMILES string of the molecule is CC(NCCCN1CCOCC1)C(=O)NC1CCCCC1. The Morgan fingerprint density at radius 3 is 2.67 bits per heavy atom. The monoisotopic (exact) mass is 297 g/mol. The lowest BCUT2D eigenvalue weighted by molar-refractivity contribution is -0.123. The van der Waals surface area contributed by atoms with Crippen LogP contribution in [0.1, 0.15) is 45.4 Å². The van der Waals surface area contributed by atoms with Crippen molar-refractivity contribution >= 4 is 5.91 Å². The number of hydrogen-bond donors (Lipinski definition) is 2. The molecule has 2 rings (SSSR count). The van der Waals surface area contributed by atoms with Crippen LogP contribution in [0.25, 0.3) is 0 Å². The average molecular weight is 297 g/mol. The number of rotatable bonds is 7. The van der Waals surface area contributed by atoms with E-state index in [0.29, 0.717) is 6.04 Å². The van der Waals surface area contributed by atoms with Gasteiger partial charge in [0.15, 0.2) is 0 Å². The lowest BCUT2D eigenvalue weighted by Gasteiger charge is -2.27. The smallest absolute Gasteiger partial charge is 0.237 e. The summed E-state index contributed by atoms with van der Waals surface area (Å²) in [6.45, 7) is 7.74. The summed E-state index contributed by atoms with van der Waals surface area (Å²) in [5.74, 6) is 0.160. The molecule has 0 aromatic rings. The van der Waals surface area contributed by atoms with Crippen LogP contribution in [0, 0.1) is 0 Å². The quantitative estimate of drug-likeness (QED) is 0.692. The molecule has 0 aromatic heterocycles. The van der Waals surface area contributed by atoms with Gasteiger partial charge in [0, 0.05) is 19.1 Å². The van der Waals surface area contributed by atoms with E-state index in [-0.39, 0.29) is 11.9 Å². The maximum absolute atomic E-state index is 12.1. The van der Waals surface area contributed by atoms with Gasteiger partial charge in [-0.1, -0.05) is 19.3 Å². The second-order valence-corrected chi connectivity index (χ2v) is 6.33. The van der Waals surface area contributed by atoms with Crippen molar-refractivity contribution < 1.29 is 9.53 Å². The molecular weight excluding hydrogens is 266 g/mol. The van der Waals surface area contributed by atoms with Crippen molar-refractivity contribution in [3.8, 4) is 0 Å². The fourth-order valence-electron chi connectivity index (χ4n) is 3.11. The van der Waals surface area contributed by atoms with Gasteiger partial charge in [-0.3, -0.25) is 9.69 Å². The summed E-state index contributed by atoms with van der Waals surface area (Å²) in [4.78, 5) is 14.5. The summed E-state index contributed by atoms with van der Waals surface area (Å²) >= 11 is 0. The summed E-state index contributed by atoms with van der Waals surface area (Å²) in [7, 11) is 0. The molecule has 2 fully saturated rings. The first-order valence-corrected chi connectivity index (χ1v) is 8.59. The first-order valence-electron chi connectivity index (χ1n) is 8.59. The molecule has 0 radical (unpaired) electrons. The van der Waals surface area contributed by atoms with Crippen molar-refractivity contribution in [1.82, 2.24) is 15.5 Å². The van der Waals surface area contributed by atoms with Crippen molar-refractivity contribution in [2.45, 2.75) is 57.5 Å². The Morgan fingerprint density at radius 2 is 1.95 bits per heavy atom. The third-order valence-electron chi connectivity index (χ3n) is 4.55. The molecule has 21 heavy (non-hydrogen) atoms. The lowest BCUT2D eigenvalue weighted by Crippen LogP contribution is -2.47. The molecule has 1 atom stereocenters. The van der Waals surface area contributed by atoms with E-state index in [1.165, 1.54) is 19.3 Å². The zero-order valence-electron chi connectivity index (χ0n) is 13.4. The molecule has 5 nitrogen and oxygen atoms in total. The van der Waals surface area contributed by atoms with E-state index < -0.39 is 0 Å². The summed E-state index contributed by atoms with van der Waals surface area (Å²) in [6, 6.07) is 0.320. The van der Waals surface area contributed by atoms with Gasteiger partial charge in [-0.25, -0.2) is 0 Å². The summed E-state index contributed by atoms with van der Waals surface area (Å²) in [5.41, 5.74) is 0. The molecule has 2 N–H and O–H groups in total. The maximum Gasteiger partial charge on any atom is 0.237 e. The summed E-state index contributed by atoms with van der Waals surface area (Å²) < 4.78 is 5.34. The van der Waals surface area contributed by atoms with Gasteiger partial charge in [-0.2, -0.15) is 0 Å². The van der Waals surface area contributed by atoms with E-state index in [9.17, 15) is 4.79 Å². The first-order chi connectivity index (χ1) is 10.3. The Balaban J connectivity index is 1.53. The van der Waals surface area contributed by atoms with Crippen LogP contribution in [0.3, 0.4) is 0 Å². The van der Waals surface area contributed by atoms with Crippen LogP contribution < -0.4 is 10.6 Å². The van der Waals surface area contributed by atoms with E-state index >= 15 is 0 Å². The zero-order valence-corrected chi connectivity index (χ0v) is 13.4. The van der Waals surface area contributed by atoms with Crippen LogP contribution in [-0.2, 0) is 9.53 Å². The van der Waals surface area contributed by atoms with Gasteiger partial charge in [0.1, 0.15) is 0 Å². The number of carbonyl (C=O) groups excluding carboxylic acids is 1. The third kappa shape index (κ3) is 6.32. The predicted molar refractivity (Wildman–Crippen MR) is 84.4 cm³/mol. The number of amides is 1. The molecule has 1 aliphatic heterocycles. The molecule has 1 saturated carbocycles. The molecule has 1 aliphatic carbocycles. The molecule has 1 amide bonds. The van der Waals surface area contributed by atoms with Crippen molar-refractivity contribution in [1.29, 1.82) is 0 Å². The van der Waals surface area contributed by atoms with Gasteiger partial charge in [0.05, 0.1) is 19.3 Å². The van der Waals surface area contributed by atoms with Gasteiger partial charge in [-0.05, 0) is 39.3 Å². The maximum atomic E-state index is 12.1. The predicted octanol–water partition coefficient (Wildman–Crippen LogP) is 1.14. The topological polar surface area (TPSA) is 53.6 Å². The minimum absolute atomic E-state index is 0.0865. The number of nitrogens with zero attached hydrogens (tertiary/aromatic N) is 1. The Bertz CT molecular complexity index is 300. The van der Waals surface area contributed by atoms with Crippen molar-refractivity contribution in [2.24, 2.45) is 0 Å². The van der Waals surface area contributed by atoms with Gasteiger partial charge < -0.3 is 15.4 Å². The van der Waals surface area contributed by atoms with Gasteiger partial charge >= 0.3 is 0 Å². The fraction of sp³-hybridized carbons (Fsp3) is 0.938. The number of hydrogen-bond acceptors (Lipinski definition) is 4. The van der Waals surface area contributed by atoms with E-state index in [0.717, 1.165) is 58.7 Å². The van der Waals surface area contributed by atoms with Gasteiger partial charge in [-0.15, -0.1) is 0 Å². The summed E-state index contributed by atoms with van der Waals surface area (Å²) in [6.07, 6.45) is 7.21. The zero-order chi connectivity index (χ0) is 14.9. The van der Waals surface area contributed by atoms with Crippen molar-refractivity contribution in [2.75, 3.05) is 39.4 Å². The second kappa shape index (κ2) is 9.38. The van der Waals surface area contributed by atoms with Crippen LogP contribution in [0.2, 0.25) is 0 Å². The largest absolute Gasteiger partial charge is 0.379 e. The van der Waals surface area contributed by atoms with Crippen LogP contribution in [0.5, 0.6) is 0 Å². The highest BCUT2D eigenvalue weighted by molar-refractivity contribution is 5.81. The molecule has 5 heteroatoms. The minimum atomic E-state index is -0.0865. The van der Waals surface area contributed by atoms with E-state index in [4.69, 9.17) is 4.74 Å². The van der Waals surface area contributed by atoms with Crippen molar-refractivity contribution in [3.05, 3.63) is 0 Å². The highest BCUT2D eigenvalue weighted by Crippen LogP contribution is 2.17. The fourth-order valence-corrected chi connectivity index (χ4v) is 3.11. The molecule has 122 valence electrons. The molecule has 1 heterocycles. The van der Waals surface area contributed by atoms with Gasteiger partial charge in [0.25, 0.3) is 0 Å². The van der Waals surface area contributed by atoms with Crippen LogP contribution >= 0.6 is 0 Å². The second-order valence-electron chi connectivity index (χ2n) is 6.33. The Labute approximate surface area is 128 Å². The van der Waals surface area contributed by atoms with Gasteiger partial charge in [0.2, 0.25) is 5.91 Å². The highest BCUT2D eigenvalue weighted by atomic mass is 16.5. The van der Waals surface area contributed by atoms with E-state index in [1.54, 1.807) is 0 Å². The minimum Gasteiger partial charge on any atom is -0.379 e. The molecule has 0 aromatic carbocycles. The molecule has 0 spiro atoms. The van der Waals surface area contributed by atoms with Crippen LogP contribution in [-0.4, -0.2) is 62.3 Å². The van der Waals surface area contributed by atoms with Crippen LogP contribution in [0.4, 0.5) is 0 Å². The van der Waals surface area contributed by atoms with E-state index in [2.05, 4.69) is 15.5 Å². The Kier molecular flexibility index (Phi) is 7.47. The van der Waals surface area contributed by atoms with Crippen molar-refractivity contribution in [3.63, 3.8) is 0 Å². The number of carbonyl (C=O) groups is 1. The average Bonchev–Trinajstić information content (AvgIpc) is 2.53. The Hall–Kier alpha value is -0.650. The Morgan fingerprint density at radius 1 is 1.24 bits per heavy atom. The third-order valence-corrected chi connectivity index (χ3v) is 4.55. The summed E-state index contributed by atoms with van der Waals surface area (Å²) in [5, 5.41) is 6.52. The normalized spacial score (nSPS) is 22.9. The molecule has 2 aliphatic rings. The molecule has 1 saturated heterocycles. The number of nitrogens with one attached hydrogen (secondary N) is 2. The first kappa shape index (κ1) is 16.7. The number of morpholine rings is 1. The molecule has 0 bridgehead atoms. The molecular formula is C16H31N3O2. The van der Waals surface area contributed by atoms with Crippen LogP contribution in [0.15, 0.2) is 0 Å². The lowest BCUT2D eigenvalue weighted by atomic mass is 9.95. The standard InChI is InChI=1S/C16H31N3O2/c1-14(16(20)18-15-6-3-2-4-7-15)17-8-5-9-19-10-12-21-13-11-19/h14-15,17H,2-13H2,1H3,(H,18,20). The van der Waals surface area contributed by atoms with E-state index in [1.807, 2.05) is 6.92 Å². The molecule has 1 unspecified atom stereocenters. The number of ether oxygens (including phenoxy) is 1. The highest BCUT2D eigenvalue weighted by Gasteiger charge is 2.19.